The summed E-state index contributed by atoms with van der Waals surface area (Å²) in [6.07, 6.45) is 6.57. The minimum absolute atomic E-state index is 0.0356. The minimum atomic E-state index is -0.689. The predicted molar refractivity (Wildman–Crippen MR) is 120 cm³/mol. The molecule has 28 heavy (non-hydrogen) atoms. The third kappa shape index (κ3) is 2.74. The predicted octanol–water partition coefficient (Wildman–Crippen LogP) is 4.98. The van der Waals surface area contributed by atoms with Crippen LogP contribution in [0.2, 0.25) is 0 Å². The molecule has 0 spiro atoms. The van der Waals surface area contributed by atoms with Crippen molar-refractivity contribution in [3.8, 4) is 5.75 Å². The van der Waals surface area contributed by atoms with E-state index >= 15 is 0 Å². The molecule has 0 radical (unpaired) electrons. The van der Waals surface area contributed by atoms with Crippen LogP contribution in [-0.2, 0) is 5.41 Å². The van der Waals surface area contributed by atoms with Gasteiger partial charge in [0, 0.05) is 16.3 Å². The maximum absolute atomic E-state index is 6.61. The van der Waals surface area contributed by atoms with Crippen molar-refractivity contribution in [3.63, 3.8) is 0 Å². The number of ether oxygens (including phenoxy) is 1. The molecule has 3 aromatic carbocycles. The lowest BCUT2D eigenvalue weighted by atomic mass is 9.74. The van der Waals surface area contributed by atoms with Gasteiger partial charge in [-0.05, 0) is 30.2 Å². The molecule has 0 aromatic heterocycles. The Labute approximate surface area is 168 Å². The zero-order chi connectivity index (χ0) is 19.1. The van der Waals surface area contributed by atoms with Crippen molar-refractivity contribution in [1.29, 1.82) is 0 Å². The van der Waals surface area contributed by atoms with E-state index in [0.717, 1.165) is 5.75 Å². The largest absolute Gasteiger partial charge is 0.481 e. The molecule has 1 atom stereocenters. The fourth-order valence-electron chi connectivity index (χ4n) is 4.31. The van der Waals surface area contributed by atoms with Crippen molar-refractivity contribution in [1.82, 2.24) is 0 Å². The average molecular weight is 382 g/mol. The summed E-state index contributed by atoms with van der Waals surface area (Å²) in [7, 11) is -0.689. The second-order valence-corrected chi connectivity index (χ2v) is 10.0. The zero-order valence-electron chi connectivity index (χ0n) is 16.2. The van der Waals surface area contributed by atoms with Crippen LogP contribution in [0.5, 0.6) is 5.75 Å². The number of hydrogen-bond acceptors (Lipinski definition) is 1. The molecule has 0 bridgehead atoms. The van der Waals surface area contributed by atoms with Gasteiger partial charge in [-0.15, -0.1) is 0 Å². The summed E-state index contributed by atoms with van der Waals surface area (Å²) < 4.78 is 6.61. The lowest BCUT2D eigenvalue weighted by Crippen LogP contribution is -2.38. The molecule has 0 saturated heterocycles. The number of hydrogen-bond donors (Lipinski definition) is 0. The molecule has 1 unspecified atom stereocenters. The highest BCUT2D eigenvalue weighted by atomic mass is 31.1. The van der Waals surface area contributed by atoms with Gasteiger partial charge in [-0.25, -0.2) is 0 Å². The molecule has 0 saturated carbocycles. The number of para-hydroxylation sites is 1. The summed E-state index contributed by atoms with van der Waals surface area (Å²) in [5.41, 5.74) is 2.60. The Kier molecular flexibility index (Phi) is 4.22. The molecule has 0 amide bonds. The lowest BCUT2D eigenvalue weighted by molar-refractivity contribution is 0.241. The van der Waals surface area contributed by atoms with Crippen LogP contribution in [0.15, 0.2) is 103 Å². The molecule has 5 rings (SSSR count). The van der Waals surface area contributed by atoms with E-state index in [0.29, 0.717) is 0 Å². The SMILES string of the molecule is CC1(C)C2=CC=CC2Oc2c(P(c3ccccc3)c3ccccc3)cccc21. The van der Waals surface area contributed by atoms with E-state index in [4.69, 9.17) is 4.74 Å². The molecule has 0 N–H and O–H groups in total. The molecule has 2 aliphatic rings. The zero-order valence-corrected chi connectivity index (χ0v) is 17.1. The van der Waals surface area contributed by atoms with Gasteiger partial charge in [-0.1, -0.05) is 105 Å². The molecule has 1 heterocycles. The van der Waals surface area contributed by atoms with Crippen LogP contribution in [0.1, 0.15) is 19.4 Å². The molecule has 3 aromatic rings. The maximum atomic E-state index is 6.61. The first kappa shape index (κ1) is 17.5. The van der Waals surface area contributed by atoms with Crippen LogP contribution in [0, 0.1) is 0 Å². The molecular weight excluding hydrogens is 359 g/mol. The average Bonchev–Trinajstić information content (AvgIpc) is 3.20. The van der Waals surface area contributed by atoms with Crippen LogP contribution >= 0.6 is 7.92 Å². The summed E-state index contributed by atoms with van der Waals surface area (Å²) >= 11 is 0. The topological polar surface area (TPSA) is 9.23 Å². The van der Waals surface area contributed by atoms with Crippen molar-refractivity contribution in [2.45, 2.75) is 25.4 Å². The molecule has 1 aliphatic carbocycles. The third-order valence-electron chi connectivity index (χ3n) is 5.77. The maximum Gasteiger partial charge on any atom is 0.139 e. The Hall–Kier alpha value is -2.63. The van der Waals surface area contributed by atoms with Gasteiger partial charge in [-0.3, -0.25) is 0 Å². The second-order valence-electron chi connectivity index (χ2n) is 7.83. The fourth-order valence-corrected chi connectivity index (χ4v) is 6.71. The first-order valence-corrected chi connectivity index (χ1v) is 11.1. The van der Waals surface area contributed by atoms with Gasteiger partial charge in [-0.2, -0.15) is 0 Å². The van der Waals surface area contributed by atoms with E-state index in [1.165, 1.54) is 27.1 Å². The summed E-state index contributed by atoms with van der Waals surface area (Å²) in [6.45, 7) is 4.63. The summed E-state index contributed by atoms with van der Waals surface area (Å²) in [4.78, 5) is 0. The minimum Gasteiger partial charge on any atom is -0.481 e. The third-order valence-corrected chi connectivity index (χ3v) is 8.24. The van der Waals surface area contributed by atoms with Crippen molar-refractivity contribution in [2.75, 3.05) is 0 Å². The first-order chi connectivity index (χ1) is 13.7. The lowest BCUT2D eigenvalue weighted by Gasteiger charge is -2.40. The van der Waals surface area contributed by atoms with E-state index in [-0.39, 0.29) is 11.5 Å². The molecule has 2 heteroatoms. The Morgan fingerprint density at radius 2 is 1.43 bits per heavy atom. The highest BCUT2D eigenvalue weighted by Gasteiger charge is 2.41. The standard InChI is InChI=1S/C26H23OP/c1-26(2)21-15-9-17-23(21)27-25-22(26)16-10-18-24(25)28(19-11-5-3-6-12-19)20-13-7-4-8-14-20/h3-18,23H,1-2H3. The number of rotatable bonds is 3. The summed E-state index contributed by atoms with van der Waals surface area (Å²) in [6, 6.07) is 28.4. The fraction of sp³-hybridized carbons (Fsp3) is 0.154. The summed E-state index contributed by atoms with van der Waals surface area (Å²) in [5.74, 6) is 1.07. The van der Waals surface area contributed by atoms with E-state index in [2.05, 4.69) is 111 Å². The molecule has 1 nitrogen and oxygen atoms in total. The van der Waals surface area contributed by atoms with E-state index in [9.17, 15) is 0 Å². The summed E-state index contributed by atoms with van der Waals surface area (Å²) in [5, 5.41) is 4.00. The van der Waals surface area contributed by atoms with E-state index in [1.54, 1.807) is 0 Å². The highest BCUT2D eigenvalue weighted by molar-refractivity contribution is 7.80. The van der Waals surface area contributed by atoms with Gasteiger partial charge in [0.05, 0.1) is 0 Å². The van der Waals surface area contributed by atoms with Gasteiger partial charge in [0.2, 0.25) is 0 Å². The van der Waals surface area contributed by atoms with Crippen molar-refractivity contribution >= 4 is 23.8 Å². The van der Waals surface area contributed by atoms with Gasteiger partial charge < -0.3 is 4.74 Å². The Morgan fingerprint density at radius 3 is 2.07 bits per heavy atom. The first-order valence-electron chi connectivity index (χ1n) is 9.75. The van der Waals surface area contributed by atoms with Crippen molar-refractivity contribution in [2.24, 2.45) is 0 Å². The Balaban J connectivity index is 1.73. The van der Waals surface area contributed by atoms with Crippen LogP contribution in [0.3, 0.4) is 0 Å². The van der Waals surface area contributed by atoms with Crippen LogP contribution in [-0.4, -0.2) is 6.10 Å². The Morgan fingerprint density at radius 1 is 0.786 bits per heavy atom. The highest BCUT2D eigenvalue weighted by Crippen LogP contribution is 2.48. The van der Waals surface area contributed by atoms with Crippen LogP contribution < -0.4 is 20.7 Å². The molecule has 1 aliphatic heterocycles. The van der Waals surface area contributed by atoms with Gasteiger partial charge in [0.25, 0.3) is 0 Å². The molecule has 138 valence electrons. The smallest absolute Gasteiger partial charge is 0.139 e. The van der Waals surface area contributed by atoms with Gasteiger partial charge >= 0.3 is 0 Å². The molecule has 0 fully saturated rings. The number of benzene rings is 3. The monoisotopic (exact) mass is 382 g/mol. The number of fused-ring (bicyclic) bond motifs is 2. The van der Waals surface area contributed by atoms with E-state index in [1.807, 2.05) is 0 Å². The molecular formula is C26H23OP. The van der Waals surface area contributed by atoms with Gasteiger partial charge in [0.15, 0.2) is 0 Å². The second kappa shape index (κ2) is 6.76. The van der Waals surface area contributed by atoms with Crippen molar-refractivity contribution in [3.05, 3.63) is 108 Å². The number of allylic oxidation sites excluding steroid dienone is 2. The van der Waals surface area contributed by atoms with Crippen LogP contribution in [0.4, 0.5) is 0 Å². The Bertz CT molecular complexity index is 1020. The quantitative estimate of drug-likeness (QED) is 0.581. The van der Waals surface area contributed by atoms with E-state index < -0.39 is 7.92 Å². The normalized spacial score (nSPS) is 19.0. The van der Waals surface area contributed by atoms with Crippen molar-refractivity contribution < 1.29 is 4.74 Å². The van der Waals surface area contributed by atoms with Crippen LogP contribution in [0.25, 0.3) is 0 Å². The van der Waals surface area contributed by atoms with Gasteiger partial charge in [0.1, 0.15) is 11.9 Å².